The van der Waals surface area contributed by atoms with Crippen molar-refractivity contribution in [2.75, 3.05) is 6.61 Å². The van der Waals surface area contributed by atoms with Gasteiger partial charge in [0.2, 0.25) is 0 Å². The maximum Gasteiger partial charge on any atom is 0.0847 e. The Morgan fingerprint density at radius 2 is 2.05 bits per heavy atom. The van der Waals surface area contributed by atoms with Crippen LogP contribution in [0.4, 0.5) is 0 Å². The minimum absolute atomic E-state index is 0.134. The van der Waals surface area contributed by atoms with Crippen molar-refractivity contribution in [3.8, 4) is 6.07 Å². The summed E-state index contributed by atoms with van der Waals surface area (Å²) in [6.45, 7) is 6.81. The van der Waals surface area contributed by atoms with E-state index in [0.29, 0.717) is 6.61 Å². The molecule has 1 aromatic rings. The Kier molecular flexibility index (Phi) is 3.96. The van der Waals surface area contributed by atoms with Crippen molar-refractivity contribution in [3.63, 3.8) is 0 Å². The zero-order chi connectivity index (χ0) is 13.9. The van der Waals surface area contributed by atoms with E-state index in [9.17, 15) is 5.26 Å². The summed E-state index contributed by atoms with van der Waals surface area (Å²) in [5.74, 6) is 0. The van der Waals surface area contributed by atoms with Crippen LogP contribution in [0.5, 0.6) is 0 Å². The number of nitriles is 1. The maximum atomic E-state index is 9.71. The summed E-state index contributed by atoms with van der Waals surface area (Å²) in [5.41, 5.74) is 2.08. The quantitative estimate of drug-likeness (QED) is 0.820. The van der Waals surface area contributed by atoms with Crippen LogP contribution < -0.4 is 0 Å². The van der Waals surface area contributed by atoms with E-state index in [-0.39, 0.29) is 11.0 Å². The van der Waals surface area contributed by atoms with E-state index in [2.05, 4.69) is 45.0 Å². The Balaban J connectivity index is 2.18. The molecular weight excluding hydrogens is 234 g/mol. The van der Waals surface area contributed by atoms with Crippen LogP contribution in [0.15, 0.2) is 24.3 Å². The lowest BCUT2D eigenvalue weighted by molar-refractivity contribution is -0.00982. The van der Waals surface area contributed by atoms with Gasteiger partial charge in [0.05, 0.1) is 17.1 Å². The first-order chi connectivity index (χ1) is 8.97. The molecule has 0 saturated heterocycles. The second kappa shape index (κ2) is 5.35. The molecule has 0 saturated carbocycles. The average Bonchev–Trinajstić information content (AvgIpc) is 2.37. The van der Waals surface area contributed by atoms with Crippen molar-refractivity contribution in [2.24, 2.45) is 0 Å². The van der Waals surface area contributed by atoms with E-state index in [1.54, 1.807) is 0 Å². The highest BCUT2D eigenvalue weighted by atomic mass is 16.5. The predicted octanol–water partition coefficient (Wildman–Crippen LogP) is 3.99. The normalized spacial score (nSPS) is 22.6. The van der Waals surface area contributed by atoms with Crippen molar-refractivity contribution < 1.29 is 4.74 Å². The molecule has 1 unspecified atom stereocenters. The van der Waals surface area contributed by atoms with Gasteiger partial charge in [-0.05, 0) is 57.6 Å². The van der Waals surface area contributed by atoms with Gasteiger partial charge in [0.15, 0.2) is 0 Å². The third kappa shape index (κ3) is 3.16. The third-order valence-electron chi connectivity index (χ3n) is 3.86. The Labute approximate surface area is 116 Å². The number of fused-ring (bicyclic) bond motifs is 1. The monoisotopic (exact) mass is 257 g/mol. The zero-order valence-electron chi connectivity index (χ0n) is 12.2. The largest absolute Gasteiger partial charge is 0.376 e. The van der Waals surface area contributed by atoms with Gasteiger partial charge in [0.1, 0.15) is 0 Å². The molecule has 19 heavy (non-hydrogen) atoms. The van der Waals surface area contributed by atoms with E-state index in [4.69, 9.17) is 4.74 Å². The lowest BCUT2D eigenvalue weighted by Gasteiger charge is -2.34. The van der Waals surface area contributed by atoms with Gasteiger partial charge in [0, 0.05) is 6.61 Å². The molecule has 2 heteroatoms. The second-order valence-electron chi connectivity index (χ2n) is 6.42. The fraction of sp³-hybridized carbons (Fsp3) is 0.588. The molecule has 0 heterocycles. The summed E-state index contributed by atoms with van der Waals surface area (Å²) in [6, 6.07) is 11.0. The van der Waals surface area contributed by atoms with Crippen molar-refractivity contribution >= 4 is 0 Å². The first-order valence-electron chi connectivity index (χ1n) is 7.10. The lowest BCUT2D eigenvalue weighted by Crippen LogP contribution is -2.32. The number of hydrogen-bond donors (Lipinski definition) is 0. The molecule has 0 radical (unpaired) electrons. The molecule has 1 aliphatic carbocycles. The van der Waals surface area contributed by atoms with Crippen molar-refractivity contribution in [1.29, 1.82) is 5.26 Å². The number of aryl methyl sites for hydroxylation is 1. The van der Waals surface area contributed by atoms with E-state index >= 15 is 0 Å². The van der Waals surface area contributed by atoms with Crippen LogP contribution >= 0.6 is 0 Å². The SMILES string of the molecule is CC(C)(C)OCCC1(C#N)CCCc2ccccc21. The molecular formula is C17H23NO. The summed E-state index contributed by atoms with van der Waals surface area (Å²) < 4.78 is 5.82. The van der Waals surface area contributed by atoms with Gasteiger partial charge in [-0.3, -0.25) is 0 Å². The van der Waals surface area contributed by atoms with Crippen LogP contribution in [0.3, 0.4) is 0 Å². The summed E-state index contributed by atoms with van der Waals surface area (Å²) in [6.07, 6.45) is 3.94. The van der Waals surface area contributed by atoms with Gasteiger partial charge >= 0.3 is 0 Å². The van der Waals surface area contributed by atoms with Crippen molar-refractivity contribution in [1.82, 2.24) is 0 Å². The minimum Gasteiger partial charge on any atom is -0.376 e. The van der Waals surface area contributed by atoms with Gasteiger partial charge in [0.25, 0.3) is 0 Å². The molecule has 102 valence electrons. The molecule has 2 rings (SSSR count). The summed E-state index contributed by atoms with van der Waals surface area (Å²) in [7, 11) is 0. The van der Waals surface area contributed by atoms with Crippen LogP contribution in [-0.2, 0) is 16.6 Å². The van der Waals surface area contributed by atoms with Crippen LogP contribution in [0.1, 0.15) is 51.2 Å². The van der Waals surface area contributed by atoms with Crippen LogP contribution in [0.2, 0.25) is 0 Å². The summed E-state index contributed by atoms with van der Waals surface area (Å²) in [4.78, 5) is 0. The van der Waals surface area contributed by atoms with Crippen LogP contribution in [-0.4, -0.2) is 12.2 Å². The number of rotatable bonds is 3. The molecule has 1 aromatic carbocycles. The van der Waals surface area contributed by atoms with Gasteiger partial charge in [-0.2, -0.15) is 5.26 Å². The lowest BCUT2D eigenvalue weighted by atomic mass is 9.69. The molecule has 0 aliphatic heterocycles. The molecule has 1 atom stereocenters. The topological polar surface area (TPSA) is 33.0 Å². The van der Waals surface area contributed by atoms with Gasteiger partial charge in [-0.15, -0.1) is 0 Å². The average molecular weight is 257 g/mol. The smallest absolute Gasteiger partial charge is 0.0847 e. The fourth-order valence-electron chi connectivity index (χ4n) is 2.88. The van der Waals surface area contributed by atoms with E-state index in [1.165, 1.54) is 11.1 Å². The Bertz CT molecular complexity index is 481. The molecule has 0 fully saturated rings. The van der Waals surface area contributed by atoms with Gasteiger partial charge in [-0.1, -0.05) is 24.3 Å². The second-order valence-corrected chi connectivity index (χ2v) is 6.42. The minimum atomic E-state index is -0.347. The number of hydrogen-bond acceptors (Lipinski definition) is 2. The number of benzene rings is 1. The Morgan fingerprint density at radius 3 is 2.74 bits per heavy atom. The van der Waals surface area contributed by atoms with E-state index in [1.807, 2.05) is 6.07 Å². The van der Waals surface area contributed by atoms with E-state index in [0.717, 1.165) is 25.7 Å². The highest BCUT2D eigenvalue weighted by Gasteiger charge is 2.36. The van der Waals surface area contributed by atoms with Crippen LogP contribution in [0, 0.1) is 11.3 Å². The summed E-state index contributed by atoms with van der Waals surface area (Å²) in [5, 5.41) is 9.71. The number of ether oxygens (including phenoxy) is 1. The maximum absolute atomic E-state index is 9.71. The summed E-state index contributed by atoms with van der Waals surface area (Å²) >= 11 is 0. The predicted molar refractivity (Wildman–Crippen MR) is 77.0 cm³/mol. The number of nitrogens with zero attached hydrogens (tertiary/aromatic N) is 1. The molecule has 1 aliphatic rings. The third-order valence-corrected chi connectivity index (χ3v) is 3.86. The first kappa shape index (κ1) is 14.1. The highest BCUT2D eigenvalue weighted by Crippen LogP contribution is 2.39. The molecule has 0 bridgehead atoms. The highest BCUT2D eigenvalue weighted by molar-refractivity contribution is 5.41. The fourth-order valence-corrected chi connectivity index (χ4v) is 2.88. The van der Waals surface area contributed by atoms with Crippen molar-refractivity contribution in [3.05, 3.63) is 35.4 Å². The molecule has 0 spiro atoms. The van der Waals surface area contributed by atoms with E-state index < -0.39 is 0 Å². The van der Waals surface area contributed by atoms with Gasteiger partial charge < -0.3 is 4.74 Å². The standard InChI is InChI=1S/C17H23NO/c1-16(2,3)19-12-11-17(13-18)10-6-8-14-7-4-5-9-15(14)17/h4-5,7,9H,6,8,10-12H2,1-3H3. The van der Waals surface area contributed by atoms with Crippen molar-refractivity contribution in [2.45, 2.75) is 57.5 Å². The molecule has 0 aromatic heterocycles. The molecule has 2 nitrogen and oxygen atoms in total. The Hall–Kier alpha value is -1.33. The first-order valence-corrected chi connectivity index (χ1v) is 7.10. The Morgan fingerprint density at radius 1 is 1.32 bits per heavy atom. The van der Waals surface area contributed by atoms with Gasteiger partial charge in [-0.25, -0.2) is 0 Å². The molecule has 0 N–H and O–H groups in total. The molecule has 0 amide bonds. The zero-order valence-corrected chi connectivity index (χ0v) is 12.2. The van der Waals surface area contributed by atoms with Crippen LogP contribution in [0.25, 0.3) is 0 Å².